The predicted molar refractivity (Wildman–Crippen MR) is 90.1 cm³/mol. The third-order valence-corrected chi connectivity index (χ3v) is 4.53. The van der Waals surface area contributed by atoms with Crippen LogP contribution in [0.5, 0.6) is 0 Å². The van der Waals surface area contributed by atoms with Crippen LogP contribution in [-0.4, -0.2) is 27.9 Å². The number of H-pyrrole nitrogens is 1. The van der Waals surface area contributed by atoms with Gasteiger partial charge in [-0.2, -0.15) is 0 Å². The van der Waals surface area contributed by atoms with Crippen molar-refractivity contribution in [1.82, 2.24) is 10.3 Å². The van der Waals surface area contributed by atoms with E-state index in [1.165, 1.54) is 0 Å². The molecule has 1 aliphatic heterocycles. The Bertz CT molecular complexity index is 930. The van der Waals surface area contributed by atoms with E-state index in [-0.39, 0.29) is 5.78 Å². The van der Waals surface area contributed by atoms with Crippen LogP contribution in [0, 0.1) is 0 Å². The zero-order chi connectivity index (χ0) is 16.7. The fraction of sp³-hybridized carbons (Fsp3) is 0.158. The Kier molecular flexibility index (Phi) is 3.43. The number of ketones is 1. The molecule has 0 fully saturated rings. The molecule has 0 bridgehead atoms. The number of para-hydroxylation sites is 1. The van der Waals surface area contributed by atoms with Gasteiger partial charge in [0.15, 0.2) is 5.78 Å². The van der Waals surface area contributed by atoms with E-state index < -0.39 is 18.1 Å². The quantitative estimate of drug-likeness (QED) is 0.648. The van der Waals surface area contributed by atoms with Gasteiger partial charge in [0.1, 0.15) is 12.1 Å². The van der Waals surface area contributed by atoms with Crippen LogP contribution in [0.15, 0.2) is 54.6 Å². The average molecular weight is 320 g/mol. The van der Waals surface area contributed by atoms with Crippen molar-refractivity contribution >= 4 is 22.7 Å². The van der Waals surface area contributed by atoms with E-state index >= 15 is 0 Å². The molecular weight excluding hydrogens is 304 g/mol. The molecule has 0 aliphatic carbocycles. The molecule has 3 N–H and O–H groups in total. The molecule has 24 heavy (non-hydrogen) atoms. The van der Waals surface area contributed by atoms with E-state index in [0.29, 0.717) is 12.0 Å². The third kappa shape index (κ3) is 2.30. The van der Waals surface area contributed by atoms with E-state index in [9.17, 15) is 14.7 Å². The number of carboxylic acids is 1. The van der Waals surface area contributed by atoms with E-state index in [1.54, 1.807) is 24.3 Å². The highest BCUT2D eigenvalue weighted by Crippen LogP contribution is 2.33. The summed E-state index contributed by atoms with van der Waals surface area (Å²) in [5.41, 5.74) is 3.15. The number of carbonyl (C=O) groups excluding carboxylic acids is 1. The van der Waals surface area contributed by atoms with Gasteiger partial charge in [0, 0.05) is 28.6 Å². The van der Waals surface area contributed by atoms with Crippen LogP contribution in [0.25, 0.3) is 10.9 Å². The monoisotopic (exact) mass is 320 g/mol. The maximum atomic E-state index is 12.9. The van der Waals surface area contributed by atoms with Crippen LogP contribution < -0.4 is 5.32 Å². The van der Waals surface area contributed by atoms with Gasteiger partial charge in [0.05, 0.1) is 0 Å². The van der Waals surface area contributed by atoms with Crippen LogP contribution in [-0.2, 0) is 11.2 Å². The van der Waals surface area contributed by atoms with Gasteiger partial charge in [-0.15, -0.1) is 0 Å². The zero-order valence-electron chi connectivity index (χ0n) is 12.8. The van der Waals surface area contributed by atoms with Crippen molar-refractivity contribution < 1.29 is 14.7 Å². The first-order valence-electron chi connectivity index (χ1n) is 7.83. The molecular formula is C19H16N2O3. The third-order valence-electron chi connectivity index (χ3n) is 4.53. The van der Waals surface area contributed by atoms with Gasteiger partial charge in [0.25, 0.3) is 0 Å². The molecule has 120 valence electrons. The average Bonchev–Trinajstić information content (AvgIpc) is 2.99. The van der Waals surface area contributed by atoms with Crippen LogP contribution in [0.2, 0.25) is 0 Å². The summed E-state index contributed by atoms with van der Waals surface area (Å²) in [5, 5.41) is 13.4. The van der Waals surface area contributed by atoms with Gasteiger partial charge in [-0.1, -0.05) is 48.5 Å². The highest BCUT2D eigenvalue weighted by molar-refractivity contribution is 6.02. The Labute approximate surface area is 138 Å². The van der Waals surface area contributed by atoms with Crippen LogP contribution in [0.4, 0.5) is 0 Å². The summed E-state index contributed by atoms with van der Waals surface area (Å²) >= 11 is 0. The Morgan fingerprint density at radius 2 is 1.71 bits per heavy atom. The highest BCUT2D eigenvalue weighted by Gasteiger charge is 2.36. The standard InChI is InChI=1S/C19H16N2O3/c22-18(11-6-2-1-3-7-11)17-16-13(10-15(21-17)19(23)24)12-8-4-5-9-14(12)20-16/h1-9,15,17,20-21H,10H2,(H,23,24)/t15-,17+/m0/s1. The smallest absolute Gasteiger partial charge is 0.321 e. The number of Topliss-reactive ketones (excluding diaryl/α,β-unsaturated/α-hetero) is 1. The number of aromatic nitrogens is 1. The number of hydrogen-bond donors (Lipinski definition) is 3. The Morgan fingerprint density at radius 1 is 1.00 bits per heavy atom. The predicted octanol–water partition coefficient (Wildman–Crippen LogP) is 2.69. The second-order valence-corrected chi connectivity index (χ2v) is 5.99. The van der Waals surface area contributed by atoms with E-state index in [0.717, 1.165) is 22.2 Å². The van der Waals surface area contributed by atoms with Crippen molar-refractivity contribution in [1.29, 1.82) is 0 Å². The van der Waals surface area contributed by atoms with Crippen molar-refractivity contribution in [2.75, 3.05) is 0 Å². The minimum atomic E-state index is -0.947. The number of aliphatic carboxylic acids is 1. The summed E-state index contributed by atoms with van der Waals surface area (Å²) in [6, 6.07) is 15.2. The first-order chi connectivity index (χ1) is 11.6. The molecule has 0 radical (unpaired) electrons. The van der Waals surface area contributed by atoms with Gasteiger partial charge >= 0.3 is 5.97 Å². The van der Waals surface area contributed by atoms with E-state index in [2.05, 4.69) is 10.3 Å². The van der Waals surface area contributed by atoms with Crippen molar-refractivity contribution in [3.05, 3.63) is 71.4 Å². The summed E-state index contributed by atoms with van der Waals surface area (Å²) in [5.74, 6) is -1.08. The number of hydrogen-bond acceptors (Lipinski definition) is 3. The normalized spacial score (nSPS) is 19.8. The SMILES string of the molecule is O=C(O)[C@@H]1Cc2c([nH]c3ccccc23)[C@H](C(=O)c2ccccc2)N1. The van der Waals surface area contributed by atoms with Crippen LogP contribution in [0.3, 0.4) is 0 Å². The summed E-state index contributed by atoms with van der Waals surface area (Å²) in [7, 11) is 0. The number of carboxylic acid groups (broad SMARTS) is 1. The second-order valence-electron chi connectivity index (χ2n) is 5.99. The van der Waals surface area contributed by atoms with Crippen molar-refractivity contribution in [2.45, 2.75) is 18.5 Å². The summed E-state index contributed by atoms with van der Waals surface area (Å²) in [4.78, 5) is 27.8. The van der Waals surface area contributed by atoms with Gasteiger partial charge < -0.3 is 10.1 Å². The molecule has 2 aromatic carbocycles. The Morgan fingerprint density at radius 3 is 2.46 bits per heavy atom. The maximum absolute atomic E-state index is 12.9. The molecule has 4 rings (SSSR count). The molecule has 0 spiro atoms. The van der Waals surface area contributed by atoms with Gasteiger partial charge in [0.2, 0.25) is 0 Å². The molecule has 5 nitrogen and oxygen atoms in total. The van der Waals surface area contributed by atoms with Gasteiger partial charge in [-0.3, -0.25) is 14.9 Å². The molecule has 5 heteroatoms. The lowest BCUT2D eigenvalue weighted by Crippen LogP contribution is -2.47. The number of fused-ring (bicyclic) bond motifs is 3. The van der Waals surface area contributed by atoms with Gasteiger partial charge in [-0.25, -0.2) is 0 Å². The topological polar surface area (TPSA) is 82.2 Å². The van der Waals surface area contributed by atoms with Crippen molar-refractivity contribution in [2.24, 2.45) is 0 Å². The fourth-order valence-corrected chi connectivity index (χ4v) is 3.37. The number of rotatable bonds is 3. The van der Waals surface area contributed by atoms with Crippen molar-refractivity contribution in [3.8, 4) is 0 Å². The van der Waals surface area contributed by atoms with Crippen LogP contribution >= 0.6 is 0 Å². The van der Waals surface area contributed by atoms with E-state index in [1.807, 2.05) is 30.3 Å². The minimum absolute atomic E-state index is 0.130. The lowest BCUT2D eigenvalue weighted by Gasteiger charge is -2.28. The lowest BCUT2D eigenvalue weighted by atomic mass is 9.90. The summed E-state index contributed by atoms with van der Waals surface area (Å²) in [6.45, 7) is 0. The molecule has 0 amide bonds. The molecule has 1 aliphatic rings. The largest absolute Gasteiger partial charge is 0.480 e. The summed E-state index contributed by atoms with van der Waals surface area (Å²) < 4.78 is 0. The first kappa shape index (κ1) is 14.7. The zero-order valence-corrected chi connectivity index (χ0v) is 12.8. The molecule has 1 aromatic heterocycles. The number of benzene rings is 2. The number of nitrogens with one attached hydrogen (secondary N) is 2. The van der Waals surface area contributed by atoms with Crippen LogP contribution in [0.1, 0.15) is 27.7 Å². The van der Waals surface area contributed by atoms with Crippen molar-refractivity contribution in [3.63, 3.8) is 0 Å². The fourth-order valence-electron chi connectivity index (χ4n) is 3.37. The highest BCUT2D eigenvalue weighted by atomic mass is 16.4. The van der Waals surface area contributed by atoms with E-state index in [4.69, 9.17) is 0 Å². The minimum Gasteiger partial charge on any atom is -0.480 e. The number of aromatic amines is 1. The lowest BCUT2D eigenvalue weighted by molar-refractivity contribution is -0.139. The molecule has 3 aromatic rings. The first-order valence-corrected chi connectivity index (χ1v) is 7.83. The second kappa shape index (κ2) is 5.62. The molecule has 2 atom stereocenters. The molecule has 0 unspecified atom stereocenters. The summed E-state index contributed by atoms with van der Waals surface area (Å²) in [6.07, 6.45) is 0.354. The molecule has 0 saturated carbocycles. The molecule has 0 saturated heterocycles. The molecule has 2 heterocycles. The Balaban J connectivity index is 1.85. The Hall–Kier alpha value is -2.92. The maximum Gasteiger partial charge on any atom is 0.321 e. The van der Waals surface area contributed by atoms with Gasteiger partial charge in [-0.05, 0) is 11.6 Å². The number of carbonyl (C=O) groups is 2.